The van der Waals surface area contributed by atoms with Crippen molar-refractivity contribution in [3.8, 4) is 0 Å². The maximum atomic E-state index is 12.1. The smallest absolute Gasteiger partial charge is 0.253 e. The Labute approximate surface area is 124 Å². The average molecular weight is 334 g/mol. The zero-order valence-electron chi connectivity index (χ0n) is 8.89. The summed E-state index contributed by atoms with van der Waals surface area (Å²) in [5.41, 5.74) is 0.565. The topological polar surface area (TPSA) is 41.1 Å². The summed E-state index contributed by atoms with van der Waals surface area (Å²) in [6.45, 7) is -1.19. The molecule has 0 spiro atoms. The van der Waals surface area contributed by atoms with Gasteiger partial charge in [0.25, 0.3) is 5.91 Å². The van der Waals surface area contributed by atoms with E-state index in [0.717, 1.165) is 0 Å². The van der Waals surface area contributed by atoms with Crippen LogP contribution in [0.2, 0.25) is 5.02 Å². The molecule has 3 nitrogen and oxygen atoms in total. The summed E-state index contributed by atoms with van der Waals surface area (Å²) in [4.78, 5) is 11.0. The van der Waals surface area contributed by atoms with Crippen LogP contribution < -0.4 is 10.6 Å². The lowest BCUT2D eigenvalue weighted by Crippen LogP contribution is -2.49. The van der Waals surface area contributed by atoms with E-state index in [4.69, 9.17) is 46.4 Å². The number of hydrogen-bond donors (Lipinski definition) is 2. The highest BCUT2D eigenvalue weighted by Gasteiger charge is 2.33. The molecule has 1 aromatic carbocycles. The Morgan fingerprint density at radius 3 is 2.28 bits per heavy atom. The molecular formula is C10H9Cl4FN2O. The quantitative estimate of drug-likeness (QED) is 0.653. The van der Waals surface area contributed by atoms with Crippen molar-refractivity contribution in [3.63, 3.8) is 0 Å². The van der Waals surface area contributed by atoms with Crippen molar-refractivity contribution in [2.24, 2.45) is 0 Å². The van der Waals surface area contributed by atoms with Gasteiger partial charge in [-0.2, -0.15) is 0 Å². The van der Waals surface area contributed by atoms with Gasteiger partial charge in [-0.05, 0) is 24.3 Å². The number of anilines is 1. The molecule has 0 aliphatic carbocycles. The van der Waals surface area contributed by atoms with Crippen LogP contribution in [0.25, 0.3) is 0 Å². The molecule has 8 heteroatoms. The summed E-state index contributed by atoms with van der Waals surface area (Å²) in [6.07, 6.45) is -1.06. The van der Waals surface area contributed by atoms with Gasteiger partial charge in [-0.3, -0.25) is 4.79 Å². The summed E-state index contributed by atoms with van der Waals surface area (Å²) in [5.74, 6) is -0.882. The number of benzene rings is 1. The second kappa shape index (κ2) is 6.66. The second-order valence-electron chi connectivity index (χ2n) is 3.33. The molecule has 18 heavy (non-hydrogen) atoms. The Morgan fingerprint density at radius 1 is 1.28 bits per heavy atom. The summed E-state index contributed by atoms with van der Waals surface area (Å²) in [5, 5.41) is 5.51. The van der Waals surface area contributed by atoms with E-state index >= 15 is 0 Å². The molecule has 1 atom stereocenters. The molecule has 0 radical (unpaired) electrons. The highest BCUT2D eigenvalue weighted by atomic mass is 35.6. The van der Waals surface area contributed by atoms with E-state index in [1.165, 1.54) is 0 Å². The van der Waals surface area contributed by atoms with Crippen molar-refractivity contribution >= 4 is 58.0 Å². The van der Waals surface area contributed by atoms with Gasteiger partial charge in [-0.25, -0.2) is 4.39 Å². The van der Waals surface area contributed by atoms with Crippen LogP contribution >= 0.6 is 46.4 Å². The third kappa shape index (κ3) is 5.06. The zero-order valence-corrected chi connectivity index (χ0v) is 11.9. The van der Waals surface area contributed by atoms with Crippen molar-refractivity contribution in [2.75, 3.05) is 12.0 Å². The van der Waals surface area contributed by atoms with Gasteiger partial charge in [0.2, 0.25) is 3.79 Å². The Hall–Kier alpha value is -0.420. The normalized spacial score (nSPS) is 12.9. The molecule has 0 saturated carbocycles. The maximum absolute atomic E-state index is 12.1. The molecule has 100 valence electrons. The Balaban J connectivity index is 2.78. The van der Waals surface area contributed by atoms with E-state index in [2.05, 4.69) is 10.6 Å². The zero-order chi connectivity index (χ0) is 13.8. The van der Waals surface area contributed by atoms with Gasteiger partial charge in [-0.1, -0.05) is 46.4 Å². The van der Waals surface area contributed by atoms with Crippen LogP contribution in [-0.4, -0.2) is 22.5 Å². The number of rotatable bonds is 4. The minimum atomic E-state index is -1.83. The van der Waals surface area contributed by atoms with Crippen LogP contribution in [0.15, 0.2) is 24.3 Å². The second-order valence-corrected chi connectivity index (χ2v) is 6.13. The fraction of sp³-hybridized carbons (Fsp3) is 0.300. The van der Waals surface area contributed by atoms with Crippen molar-refractivity contribution < 1.29 is 9.18 Å². The highest BCUT2D eigenvalue weighted by molar-refractivity contribution is 6.68. The third-order valence-corrected chi connectivity index (χ3v) is 2.82. The summed E-state index contributed by atoms with van der Waals surface area (Å²) < 4.78 is 10.3. The lowest BCUT2D eigenvalue weighted by molar-refractivity contribution is -0.122. The van der Waals surface area contributed by atoms with Crippen LogP contribution in [0.4, 0.5) is 10.1 Å². The number of halogens is 5. The fourth-order valence-corrected chi connectivity index (χ4v) is 1.57. The summed E-state index contributed by atoms with van der Waals surface area (Å²) in [7, 11) is 0. The highest BCUT2D eigenvalue weighted by Crippen LogP contribution is 2.31. The standard InChI is InChI=1S/C10H9Cl4FN2O/c11-6-1-3-7(4-2-6)16-9(10(12,13)14)17-8(18)5-15/h1-4,9,16H,5H2,(H,17,18)/t9-/m1/s1. The summed E-state index contributed by atoms with van der Waals surface area (Å²) in [6, 6.07) is 6.51. The Kier molecular flexibility index (Phi) is 5.79. The molecule has 0 heterocycles. The van der Waals surface area contributed by atoms with Gasteiger partial charge in [0, 0.05) is 10.7 Å². The molecular weight excluding hydrogens is 325 g/mol. The van der Waals surface area contributed by atoms with E-state index in [0.29, 0.717) is 10.7 Å². The van der Waals surface area contributed by atoms with Crippen molar-refractivity contribution in [1.29, 1.82) is 0 Å². The molecule has 0 unspecified atom stereocenters. The molecule has 0 saturated heterocycles. The monoisotopic (exact) mass is 332 g/mol. The SMILES string of the molecule is O=C(CF)N[C@@H](Nc1ccc(Cl)cc1)C(Cl)(Cl)Cl. The van der Waals surface area contributed by atoms with E-state index in [1.54, 1.807) is 24.3 Å². The van der Waals surface area contributed by atoms with Crippen molar-refractivity contribution in [1.82, 2.24) is 5.32 Å². The molecule has 1 rings (SSSR count). The number of alkyl halides is 4. The van der Waals surface area contributed by atoms with Gasteiger partial charge >= 0.3 is 0 Å². The van der Waals surface area contributed by atoms with Gasteiger partial charge < -0.3 is 10.6 Å². The molecule has 0 aromatic heterocycles. The molecule has 1 amide bonds. The number of nitrogens with one attached hydrogen (secondary N) is 2. The minimum absolute atomic E-state index is 0.541. The first-order chi connectivity index (χ1) is 8.32. The van der Waals surface area contributed by atoms with E-state index in [9.17, 15) is 9.18 Å². The van der Waals surface area contributed by atoms with Crippen LogP contribution in [0.5, 0.6) is 0 Å². The Morgan fingerprint density at radius 2 is 1.83 bits per heavy atom. The number of carbonyl (C=O) groups is 1. The van der Waals surface area contributed by atoms with Crippen LogP contribution in [-0.2, 0) is 4.79 Å². The minimum Gasteiger partial charge on any atom is -0.362 e. The molecule has 1 aromatic rings. The Bertz CT molecular complexity index is 407. The molecule has 0 aliphatic heterocycles. The van der Waals surface area contributed by atoms with E-state index in [-0.39, 0.29) is 0 Å². The van der Waals surface area contributed by atoms with Crippen LogP contribution in [0.3, 0.4) is 0 Å². The van der Waals surface area contributed by atoms with Crippen molar-refractivity contribution in [2.45, 2.75) is 9.96 Å². The first-order valence-electron chi connectivity index (χ1n) is 4.77. The molecule has 0 fully saturated rings. The van der Waals surface area contributed by atoms with Crippen LogP contribution in [0.1, 0.15) is 0 Å². The summed E-state index contributed by atoms with van der Waals surface area (Å²) >= 11 is 22.8. The predicted molar refractivity (Wildman–Crippen MR) is 73.3 cm³/mol. The predicted octanol–water partition coefficient (Wildman–Crippen LogP) is 3.53. The number of amides is 1. The first-order valence-corrected chi connectivity index (χ1v) is 6.28. The number of hydrogen-bond acceptors (Lipinski definition) is 2. The maximum Gasteiger partial charge on any atom is 0.253 e. The average Bonchev–Trinajstić information content (AvgIpc) is 2.29. The van der Waals surface area contributed by atoms with Gasteiger partial charge in [0.05, 0.1) is 0 Å². The van der Waals surface area contributed by atoms with Gasteiger partial charge in [0.15, 0.2) is 6.67 Å². The molecule has 2 N–H and O–H groups in total. The lowest BCUT2D eigenvalue weighted by Gasteiger charge is -2.27. The fourth-order valence-electron chi connectivity index (χ4n) is 1.11. The molecule has 0 aliphatic rings. The van der Waals surface area contributed by atoms with E-state index < -0.39 is 22.5 Å². The molecule has 0 bridgehead atoms. The first kappa shape index (κ1) is 15.6. The third-order valence-electron chi connectivity index (χ3n) is 1.91. The lowest BCUT2D eigenvalue weighted by atomic mass is 10.3. The van der Waals surface area contributed by atoms with Gasteiger partial charge in [-0.15, -0.1) is 0 Å². The van der Waals surface area contributed by atoms with E-state index in [1.807, 2.05) is 0 Å². The van der Waals surface area contributed by atoms with Crippen LogP contribution in [0, 0.1) is 0 Å². The largest absolute Gasteiger partial charge is 0.362 e. The number of carbonyl (C=O) groups excluding carboxylic acids is 1. The van der Waals surface area contributed by atoms with Crippen molar-refractivity contribution in [3.05, 3.63) is 29.3 Å². The van der Waals surface area contributed by atoms with Gasteiger partial charge in [0.1, 0.15) is 6.17 Å².